The number of rotatable bonds is 4. The molecule has 1 amide bonds. The number of hydrogen-bond donors (Lipinski definition) is 2. The molecule has 1 fully saturated rings. The molecule has 3 rings (SSSR count). The first-order valence-corrected chi connectivity index (χ1v) is 7.10. The number of carbonyl (C=O) groups excluding carboxylic acids is 1. The fourth-order valence-electron chi connectivity index (χ4n) is 2.43. The van der Waals surface area contributed by atoms with Gasteiger partial charge in [-0.15, -0.1) is 0 Å². The highest BCUT2D eigenvalue weighted by Crippen LogP contribution is 2.15. The van der Waals surface area contributed by atoms with Gasteiger partial charge in [0.05, 0.1) is 12.6 Å². The molecule has 1 aliphatic rings. The normalized spacial score (nSPS) is 21.0. The minimum Gasteiger partial charge on any atom is -0.337 e. The van der Waals surface area contributed by atoms with Crippen LogP contribution in [0.5, 0.6) is 0 Å². The van der Waals surface area contributed by atoms with Gasteiger partial charge in [0.15, 0.2) is 0 Å². The van der Waals surface area contributed by atoms with E-state index in [0.29, 0.717) is 24.7 Å². The molecule has 1 saturated heterocycles. The van der Waals surface area contributed by atoms with Crippen molar-refractivity contribution in [2.75, 3.05) is 13.6 Å². The first-order valence-electron chi connectivity index (χ1n) is 7.10. The zero-order valence-electron chi connectivity index (χ0n) is 12.3. The second kappa shape index (κ2) is 6.20. The van der Waals surface area contributed by atoms with Gasteiger partial charge in [0, 0.05) is 37.6 Å². The van der Waals surface area contributed by atoms with Crippen molar-refractivity contribution in [3.63, 3.8) is 0 Å². The number of hydrogen-bond acceptors (Lipinski definition) is 7. The molecule has 0 unspecified atom stereocenters. The molecule has 2 aromatic heterocycles. The molecule has 116 valence electrons. The summed E-state index contributed by atoms with van der Waals surface area (Å²) in [6.45, 7) is 0.926. The highest BCUT2D eigenvalue weighted by molar-refractivity contribution is 5.82. The highest BCUT2D eigenvalue weighted by Gasteiger charge is 2.29. The molecule has 2 atom stereocenters. The number of nitrogens with two attached hydrogens (primary N) is 1. The lowest BCUT2D eigenvalue weighted by Crippen LogP contribution is -2.41. The Bertz CT molecular complexity index is 644. The highest BCUT2D eigenvalue weighted by atomic mass is 16.5. The summed E-state index contributed by atoms with van der Waals surface area (Å²) in [4.78, 5) is 22.1. The number of aromatic nitrogens is 3. The van der Waals surface area contributed by atoms with Crippen molar-refractivity contribution in [3.8, 4) is 11.4 Å². The molecular formula is C14H18N6O2. The fourth-order valence-corrected chi connectivity index (χ4v) is 2.43. The third kappa shape index (κ3) is 3.12. The molecule has 8 nitrogen and oxygen atoms in total. The summed E-state index contributed by atoms with van der Waals surface area (Å²) in [5, 5.41) is 7.02. The average molecular weight is 302 g/mol. The van der Waals surface area contributed by atoms with E-state index >= 15 is 0 Å². The van der Waals surface area contributed by atoms with Crippen LogP contribution >= 0.6 is 0 Å². The number of likely N-dealkylation sites (N-methyl/N-ethyl adjacent to an activating group) is 1. The molecule has 8 heteroatoms. The third-order valence-electron chi connectivity index (χ3n) is 3.60. The molecule has 3 N–H and O–H groups in total. The zero-order chi connectivity index (χ0) is 15.5. The van der Waals surface area contributed by atoms with E-state index in [9.17, 15) is 4.79 Å². The van der Waals surface area contributed by atoms with Gasteiger partial charge in [-0.25, -0.2) is 0 Å². The Balaban J connectivity index is 1.64. The maximum Gasteiger partial charge on any atom is 0.246 e. The predicted octanol–water partition coefficient (Wildman–Crippen LogP) is -0.221. The van der Waals surface area contributed by atoms with Crippen molar-refractivity contribution in [2.24, 2.45) is 5.73 Å². The molecule has 0 spiro atoms. The third-order valence-corrected chi connectivity index (χ3v) is 3.60. The lowest BCUT2D eigenvalue weighted by Gasteiger charge is -2.19. The number of carbonyl (C=O) groups is 1. The van der Waals surface area contributed by atoms with Crippen molar-refractivity contribution in [1.29, 1.82) is 0 Å². The fraction of sp³-hybridized carbons (Fsp3) is 0.429. The second-order valence-corrected chi connectivity index (χ2v) is 5.40. The van der Waals surface area contributed by atoms with Crippen LogP contribution in [0.25, 0.3) is 11.4 Å². The van der Waals surface area contributed by atoms with Crippen LogP contribution < -0.4 is 11.1 Å². The SMILES string of the molecule is CN(Cc1nc(-c2cccnc2)no1)C(=O)[C@@H]1C[C@@H](N)CN1. The van der Waals surface area contributed by atoms with Gasteiger partial charge in [-0.1, -0.05) is 5.16 Å². The van der Waals surface area contributed by atoms with E-state index in [4.69, 9.17) is 10.3 Å². The Morgan fingerprint density at radius 1 is 1.59 bits per heavy atom. The Hall–Kier alpha value is -2.32. The van der Waals surface area contributed by atoms with Crippen LogP contribution in [-0.4, -0.2) is 51.6 Å². The minimum absolute atomic E-state index is 0.0194. The Labute approximate surface area is 127 Å². The largest absolute Gasteiger partial charge is 0.337 e. The van der Waals surface area contributed by atoms with E-state index in [2.05, 4.69) is 20.4 Å². The van der Waals surface area contributed by atoms with Crippen molar-refractivity contribution in [2.45, 2.75) is 25.0 Å². The van der Waals surface area contributed by atoms with Gasteiger partial charge in [0.1, 0.15) is 0 Å². The van der Waals surface area contributed by atoms with E-state index in [1.165, 1.54) is 0 Å². The molecule has 0 bridgehead atoms. The van der Waals surface area contributed by atoms with Crippen LogP contribution in [0.3, 0.4) is 0 Å². The summed E-state index contributed by atoms with van der Waals surface area (Å²) in [6, 6.07) is 3.44. The van der Waals surface area contributed by atoms with Gasteiger partial charge < -0.3 is 20.5 Å². The number of nitrogens with one attached hydrogen (secondary N) is 1. The molecule has 1 aliphatic heterocycles. The van der Waals surface area contributed by atoms with Gasteiger partial charge >= 0.3 is 0 Å². The van der Waals surface area contributed by atoms with Crippen molar-refractivity contribution in [1.82, 2.24) is 25.3 Å². The summed E-state index contributed by atoms with van der Waals surface area (Å²) in [5.41, 5.74) is 6.58. The second-order valence-electron chi connectivity index (χ2n) is 5.40. The lowest BCUT2D eigenvalue weighted by atomic mass is 10.1. The Kier molecular flexibility index (Phi) is 4.12. The zero-order valence-corrected chi connectivity index (χ0v) is 12.3. The standard InChI is InChI=1S/C14H18N6O2/c1-20(14(21)11-5-10(15)7-17-11)8-12-18-13(19-22-12)9-3-2-4-16-6-9/h2-4,6,10-11,17H,5,7-8,15H2,1H3/t10-,11+/m1/s1. The van der Waals surface area contributed by atoms with Gasteiger partial charge in [-0.05, 0) is 18.6 Å². The Morgan fingerprint density at radius 3 is 3.14 bits per heavy atom. The van der Waals surface area contributed by atoms with E-state index < -0.39 is 0 Å². The van der Waals surface area contributed by atoms with Crippen LogP contribution in [0, 0.1) is 0 Å². The van der Waals surface area contributed by atoms with E-state index in [0.717, 1.165) is 5.56 Å². The molecular weight excluding hydrogens is 284 g/mol. The van der Waals surface area contributed by atoms with Crippen LogP contribution in [0.4, 0.5) is 0 Å². The first kappa shape index (κ1) is 14.6. The molecule has 0 aromatic carbocycles. The number of amides is 1. The quantitative estimate of drug-likeness (QED) is 0.803. The smallest absolute Gasteiger partial charge is 0.246 e. The van der Waals surface area contributed by atoms with Gasteiger partial charge in [0.2, 0.25) is 17.6 Å². The number of pyridine rings is 1. The first-order chi connectivity index (χ1) is 10.6. The van der Waals surface area contributed by atoms with Crippen LogP contribution in [0.2, 0.25) is 0 Å². The summed E-state index contributed by atoms with van der Waals surface area (Å²) >= 11 is 0. The maximum atomic E-state index is 12.3. The van der Waals surface area contributed by atoms with E-state index in [-0.39, 0.29) is 24.5 Å². The van der Waals surface area contributed by atoms with E-state index in [1.54, 1.807) is 30.4 Å². The molecule has 22 heavy (non-hydrogen) atoms. The molecule has 0 aliphatic carbocycles. The van der Waals surface area contributed by atoms with E-state index in [1.807, 2.05) is 6.07 Å². The number of nitrogens with zero attached hydrogens (tertiary/aromatic N) is 4. The minimum atomic E-state index is -0.235. The van der Waals surface area contributed by atoms with Crippen molar-refractivity contribution in [3.05, 3.63) is 30.4 Å². The van der Waals surface area contributed by atoms with Crippen molar-refractivity contribution >= 4 is 5.91 Å². The molecule has 0 saturated carbocycles. The molecule has 2 aromatic rings. The van der Waals surface area contributed by atoms with Crippen LogP contribution in [0.1, 0.15) is 12.3 Å². The molecule has 3 heterocycles. The monoisotopic (exact) mass is 302 g/mol. The van der Waals surface area contributed by atoms with Gasteiger partial charge in [-0.2, -0.15) is 4.98 Å². The van der Waals surface area contributed by atoms with Gasteiger partial charge in [0.25, 0.3) is 0 Å². The Morgan fingerprint density at radius 2 is 2.45 bits per heavy atom. The summed E-state index contributed by atoms with van der Waals surface area (Å²) in [6.07, 6.45) is 3.98. The average Bonchev–Trinajstić information content (AvgIpc) is 3.16. The lowest BCUT2D eigenvalue weighted by molar-refractivity contribution is -0.132. The van der Waals surface area contributed by atoms with Gasteiger partial charge in [-0.3, -0.25) is 9.78 Å². The van der Waals surface area contributed by atoms with Crippen molar-refractivity contribution < 1.29 is 9.32 Å². The summed E-state index contributed by atoms with van der Waals surface area (Å²) < 4.78 is 5.20. The topological polar surface area (TPSA) is 110 Å². The van der Waals surface area contributed by atoms with Crippen LogP contribution in [-0.2, 0) is 11.3 Å². The predicted molar refractivity (Wildman–Crippen MR) is 78.4 cm³/mol. The molecule has 0 radical (unpaired) electrons. The summed E-state index contributed by atoms with van der Waals surface area (Å²) in [5.74, 6) is 0.830. The summed E-state index contributed by atoms with van der Waals surface area (Å²) in [7, 11) is 1.71. The maximum absolute atomic E-state index is 12.3. The van der Waals surface area contributed by atoms with Crippen LogP contribution in [0.15, 0.2) is 29.0 Å².